The van der Waals surface area contributed by atoms with Gasteiger partial charge in [0.05, 0.1) is 20.6 Å². The molecule has 178 valence electrons. The molecule has 0 aromatic rings. The molecule has 0 unspecified atom stereocenters. The van der Waals surface area contributed by atoms with Crippen molar-refractivity contribution in [3.8, 4) is 0 Å². The van der Waals surface area contributed by atoms with Crippen molar-refractivity contribution in [1.29, 1.82) is 0 Å². The van der Waals surface area contributed by atoms with Crippen LogP contribution < -0.4 is 9.59 Å². The summed E-state index contributed by atoms with van der Waals surface area (Å²) in [6, 6.07) is 0. The van der Waals surface area contributed by atoms with Crippen LogP contribution in [-0.4, -0.2) is 48.8 Å². The summed E-state index contributed by atoms with van der Waals surface area (Å²) in [5.74, 6) is 1.98. The van der Waals surface area contributed by atoms with Crippen molar-refractivity contribution >= 4 is 32.5 Å². The van der Waals surface area contributed by atoms with Crippen LogP contribution in [0, 0.1) is 0 Å². The van der Waals surface area contributed by atoms with Gasteiger partial charge in [-0.2, -0.15) is 0 Å². The summed E-state index contributed by atoms with van der Waals surface area (Å²) in [6.07, 6.45) is 0. The van der Waals surface area contributed by atoms with Gasteiger partial charge >= 0.3 is 19.5 Å². The van der Waals surface area contributed by atoms with Gasteiger partial charge in [-0.3, -0.25) is 0 Å². The minimum absolute atomic E-state index is 0. The van der Waals surface area contributed by atoms with Gasteiger partial charge in [-0.1, -0.05) is 26.2 Å². The van der Waals surface area contributed by atoms with Crippen molar-refractivity contribution in [2.24, 2.45) is 0 Å². The topological polar surface area (TPSA) is 46.1 Å². The molecular formula is C22H54O2P2RuSi2+2. The molecule has 0 bridgehead atoms. The summed E-state index contributed by atoms with van der Waals surface area (Å²) in [5, 5.41) is 1.38. The van der Waals surface area contributed by atoms with Crippen LogP contribution >= 0.6 is 15.8 Å². The van der Waals surface area contributed by atoms with Gasteiger partial charge in [0.1, 0.15) is 0 Å². The summed E-state index contributed by atoms with van der Waals surface area (Å²) in [4.78, 5) is 23.9. The van der Waals surface area contributed by atoms with Crippen molar-refractivity contribution in [2.45, 2.75) is 130 Å². The second-order valence-corrected chi connectivity index (χ2v) is 31.6. The van der Waals surface area contributed by atoms with Crippen LogP contribution in [0.25, 0.3) is 0 Å². The molecule has 0 fully saturated rings. The van der Waals surface area contributed by atoms with Crippen LogP contribution in [0.1, 0.15) is 83.1 Å². The van der Waals surface area contributed by atoms with Gasteiger partial charge in [0.25, 0.3) is 0 Å². The summed E-state index contributed by atoms with van der Waals surface area (Å²) < 4.78 is 0. The Morgan fingerprint density at radius 2 is 0.621 bits per heavy atom. The molecular weight excluding hydrogens is 515 g/mol. The van der Waals surface area contributed by atoms with E-state index in [4.69, 9.17) is 0 Å². The Kier molecular flexibility index (Phi) is 14.4. The molecule has 0 rings (SSSR count). The first kappa shape index (κ1) is 35.4. The molecule has 0 spiro atoms. The molecule has 0 amide bonds. The molecule has 0 aliphatic heterocycles. The Bertz CT molecular complexity index is 388. The molecule has 0 saturated heterocycles. The first-order valence-corrected chi connectivity index (χ1v) is 20.5. The molecule has 0 atom stereocenters. The summed E-state index contributed by atoms with van der Waals surface area (Å²) >= 11 is 0. The predicted octanol–water partition coefficient (Wildman–Crippen LogP) is 5.80. The molecule has 29 heavy (non-hydrogen) atoms. The Hall–Kier alpha value is 1.84. The van der Waals surface area contributed by atoms with E-state index in [0.29, 0.717) is 20.6 Å². The van der Waals surface area contributed by atoms with Gasteiger partial charge in [0, 0.05) is 27.4 Å². The fourth-order valence-electron chi connectivity index (χ4n) is 4.16. The quantitative estimate of drug-likeness (QED) is 0.317. The second-order valence-electron chi connectivity index (χ2n) is 13.8. The predicted molar refractivity (Wildman–Crippen MR) is 140 cm³/mol. The molecule has 0 heterocycles. The van der Waals surface area contributed by atoms with Crippen molar-refractivity contribution in [1.82, 2.24) is 0 Å². The third-order valence-electron chi connectivity index (χ3n) is 4.83. The van der Waals surface area contributed by atoms with Crippen LogP contribution in [-0.2, 0) is 19.5 Å². The van der Waals surface area contributed by atoms with E-state index in [-0.39, 0.29) is 19.5 Å². The number of hydrogen-bond acceptors (Lipinski definition) is 2. The van der Waals surface area contributed by atoms with E-state index in [9.17, 15) is 9.59 Å². The summed E-state index contributed by atoms with van der Waals surface area (Å²) in [7, 11) is -5.46. The van der Waals surface area contributed by atoms with Gasteiger partial charge in [-0.15, -0.1) is 0 Å². The van der Waals surface area contributed by atoms with Gasteiger partial charge in [-0.25, -0.2) is 0 Å². The Balaban J connectivity index is -0.000000451. The largest absolute Gasteiger partial charge is 2.00 e. The smallest absolute Gasteiger partial charge is 0.856 e. The zero-order chi connectivity index (χ0) is 23.6. The maximum Gasteiger partial charge on any atom is 2.00 e. The first-order chi connectivity index (χ1) is 11.7. The average Bonchev–Trinajstić information content (AvgIpc) is 2.26. The summed E-state index contributed by atoms with van der Waals surface area (Å²) in [6.45, 7) is 35.4. The van der Waals surface area contributed by atoms with Gasteiger partial charge < -0.3 is 9.59 Å². The Morgan fingerprint density at radius 3 is 0.655 bits per heavy atom. The fraction of sp³-hybridized carbons (Fsp3) is 1.00. The van der Waals surface area contributed by atoms with Gasteiger partial charge in [-0.05, 0) is 99.7 Å². The van der Waals surface area contributed by atoms with E-state index < -0.39 is 32.5 Å². The molecule has 0 aromatic heterocycles. The van der Waals surface area contributed by atoms with Gasteiger partial charge in [0.2, 0.25) is 0 Å². The zero-order valence-corrected chi connectivity index (χ0v) is 28.3. The molecule has 0 aliphatic carbocycles. The maximum atomic E-state index is 12.0. The second kappa shape index (κ2) is 11.8. The number of rotatable bonds is 4. The van der Waals surface area contributed by atoms with E-state index in [1.165, 1.54) is 0 Å². The minimum Gasteiger partial charge on any atom is -0.856 e. The number of hydrogen-bond donors (Lipinski definition) is 0. The van der Waals surface area contributed by atoms with Crippen molar-refractivity contribution in [3.63, 3.8) is 0 Å². The van der Waals surface area contributed by atoms with E-state index in [2.05, 4.69) is 83.1 Å². The fourth-order valence-corrected chi connectivity index (χ4v) is 24.0. The SMILES string of the molecule is CC(C)(C)[PH+](C[Si](C)(C)[O-])C(C)(C)C.CC(C)(C)[PH+](C[Si](C)(C)[O-])C(C)(C)C.[Ru+2]. The monoisotopic (exact) mass is 570 g/mol. The van der Waals surface area contributed by atoms with E-state index >= 15 is 0 Å². The zero-order valence-electron chi connectivity index (χ0n) is 22.6. The standard InChI is InChI=1S/2C11H26OPSi.Ru/c2*1-10(2,3)13(11(4,5)6)9-14(7,8)12;/h2*9H2,1-8H3;/q2*-1;+2/p+2. The molecule has 2 nitrogen and oxygen atoms in total. The Labute approximate surface area is 202 Å². The molecule has 0 N–H and O–H groups in total. The van der Waals surface area contributed by atoms with Crippen LogP contribution in [0.15, 0.2) is 0 Å². The third kappa shape index (κ3) is 18.0. The third-order valence-corrected chi connectivity index (χ3v) is 21.7. The van der Waals surface area contributed by atoms with Crippen LogP contribution in [0.5, 0.6) is 0 Å². The van der Waals surface area contributed by atoms with Crippen LogP contribution in [0.2, 0.25) is 26.2 Å². The Morgan fingerprint density at radius 1 is 0.483 bits per heavy atom. The summed E-state index contributed by atoms with van der Waals surface area (Å²) in [5.41, 5.74) is 0. The molecule has 7 heteroatoms. The van der Waals surface area contributed by atoms with Crippen molar-refractivity contribution in [3.05, 3.63) is 0 Å². The van der Waals surface area contributed by atoms with E-state index in [1.54, 1.807) is 0 Å². The maximum absolute atomic E-state index is 12.0. The normalized spacial score (nSPS) is 14.5. The van der Waals surface area contributed by atoms with Gasteiger partial charge in [0.15, 0.2) is 0 Å². The minimum atomic E-state index is -2.14. The van der Waals surface area contributed by atoms with Crippen LogP contribution in [0.3, 0.4) is 0 Å². The van der Waals surface area contributed by atoms with E-state index in [0.717, 1.165) is 11.6 Å². The van der Waals surface area contributed by atoms with Crippen molar-refractivity contribution < 1.29 is 29.1 Å². The average molecular weight is 570 g/mol. The van der Waals surface area contributed by atoms with Crippen molar-refractivity contribution in [2.75, 3.05) is 11.6 Å². The molecule has 0 aliphatic rings. The van der Waals surface area contributed by atoms with Crippen LogP contribution in [0.4, 0.5) is 0 Å². The van der Waals surface area contributed by atoms with E-state index in [1.807, 2.05) is 26.2 Å². The molecule has 0 aromatic carbocycles. The molecule has 0 radical (unpaired) electrons. The molecule has 0 saturated carbocycles. The first-order valence-electron chi connectivity index (χ1n) is 10.8.